The van der Waals surface area contributed by atoms with Crippen LogP contribution in [0.25, 0.3) is 10.9 Å². The van der Waals surface area contributed by atoms with Crippen molar-refractivity contribution >= 4 is 28.5 Å². The van der Waals surface area contributed by atoms with Crippen molar-refractivity contribution in [1.82, 2.24) is 4.57 Å². The number of hydrogen-bond donors (Lipinski definition) is 1. The number of pyridine rings is 1. The van der Waals surface area contributed by atoms with Crippen molar-refractivity contribution in [2.45, 2.75) is 86.6 Å². The Morgan fingerprint density at radius 3 is 2.39 bits per heavy atom. The smallest absolute Gasteiger partial charge is 0.308 e. The van der Waals surface area contributed by atoms with Crippen molar-refractivity contribution in [2.24, 2.45) is 0 Å². The van der Waals surface area contributed by atoms with Gasteiger partial charge in [-0.15, -0.1) is 0 Å². The molecule has 196 valence electrons. The van der Waals surface area contributed by atoms with Gasteiger partial charge in [0.25, 0.3) is 5.56 Å². The topological polar surface area (TPSA) is 86.6 Å². The number of nitrogens with one attached hydrogen (secondary N) is 1. The molecule has 0 saturated carbocycles. The van der Waals surface area contributed by atoms with Crippen molar-refractivity contribution in [3.63, 3.8) is 0 Å². The van der Waals surface area contributed by atoms with Gasteiger partial charge in [-0.05, 0) is 64.3 Å². The first kappa shape index (κ1) is 28.9. The third-order valence-electron chi connectivity index (χ3n) is 5.73. The first-order chi connectivity index (χ1) is 17.1. The number of amides is 1. The number of hydrogen-bond acceptors (Lipinski definition) is 5. The molecule has 7 nitrogen and oxygen atoms in total. The molecule has 0 aliphatic rings. The second-order valence-corrected chi connectivity index (χ2v) is 9.36. The summed E-state index contributed by atoms with van der Waals surface area (Å²) in [4.78, 5) is 37.1. The highest BCUT2D eigenvalue weighted by molar-refractivity contribution is 5.95. The Kier molecular flexibility index (Phi) is 11.4. The molecule has 0 radical (unpaired) electrons. The van der Waals surface area contributed by atoms with Crippen LogP contribution in [0, 0.1) is 0 Å². The van der Waals surface area contributed by atoms with Crippen LogP contribution < -0.4 is 20.3 Å². The molecule has 36 heavy (non-hydrogen) atoms. The predicted octanol–water partition coefficient (Wildman–Crippen LogP) is 6.54. The first-order valence-electron chi connectivity index (χ1n) is 12.7. The summed E-state index contributed by atoms with van der Waals surface area (Å²) in [6.45, 7) is 11.7. The van der Waals surface area contributed by atoms with E-state index in [1.807, 2.05) is 13.0 Å². The fraction of sp³-hybridized carbons (Fsp3) is 0.483. The van der Waals surface area contributed by atoms with Crippen molar-refractivity contribution in [3.8, 4) is 11.5 Å². The van der Waals surface area contributed by atoms with E-state index in [1.165, 1.54) is 25.0 Å². The van der Waals surface area contributed by atoms with Gasteiger partial charge in [0.2, 0.25) is 11.7 Å². The summed E-state index contributed by atoms with van der Waals surface area (Å²) in [5, 5.41) is 3.42. The molecular weight excluding hydrogens is 456 g/mol. The third kappa shape index (κ3) is 8.70. The number of allylic oxidation sites excluding steroid dienone is 3. The van der Waals surface area contributed by atoms with Gasteiger partial charge in [-0.1, -0.05) is 43.4 Å². The van der Waals surface area contributed by atoms with Crippen molar-refractivity contribution < 1.29 is 19.1 Å². The Hall–Kier alpha value is -3.35. The van der Waals surface area contributed by atoms with Gasteiger partial charge in [0, 0.05) is 31.5 Å². The van der Waals surface area contributed by atoms with Crippen LogP contribution in [0.1, 0.15) is 80.1 Å². The molecule has 2 aromatic rings. The van der Waals surface area contributed by atoms with Crippen molar-refractivity contribution in [1.29, 1.82) is 0 Å². The summed E-state index contributed by atoms with van der Waals surface area (Å²) in [7, 11) is 0. The molecule has 0 atom stereocenters. The molecule has 2 rings (SSSR count). The van der Waals surface area contributed by atoms with Crippen LogP contribution in [0.15, 0.2) is 46.3 Å². The van der Waals surface area contributed by atoms with Gasteiger partial charge in [0.1, 0.15) is 6.61 Å². The van der Waals surface area contributed by atoms with E-state index in [1.54, 1.807) is 22.8 Å². The van der Waals surface area contributed by atoms with Crippen LogP contribution in [0.2, 0.25) is 0 Å². The SMILES string of the molecule is CCCCCCn1c(=O)c(OC(C)=O)c(OC/C=C(\C)CCC=C(C)C)c2ccc(NC(C)=O)cc21. The molecule has 1 aromatic carbocycles. The number of unbranched alkanes of at least 4 members (excludes halogenated alkanes) is 3. The summed E-state index contributed by atoms with van der Waals surface area (Å²) in [5.41, 5.74) is 3.23. The number of aryl methyl sites for hydroxylation is 1. The normalized spacial score (nSPS) is 11.3. The minimum atomic E-state index is -0.586. The Balaban J connectivity index is 2.53. The van der Waals surface area contributed by atoms with E-state index >= 15 is 0 Å². The first-order valence-corrected chi connectivity index (χ1v) is 12.7. The van der Waals surface area contributed by atoms with E-state index in [-0.39, 0.29) is 24.0 Å². The average molecular weight is 497 g/mol. The molecule has 0 unspecified atom stereocenters. The molecular formula is C29H40N2O5. The van der Waals surface area contributed by atoms with E-state index in [0.29, 0.717) is 23.1 Å². The number of anilines is 1. The molecule has 0 saturated heterocycles. The highest BCUT2D eigenvalue weighted by Gasteiger charge is 2.21. The van der Waals surface area contributed by atoms with Gasteiger partial charge in [0.15, 0.2) is 5.75 Å². The highest BCUT2D eigenvalue weighted by atomic mass is 16.6. The molecule has 0 bridgehead atoms. The molecule has 0 aliphatic heterocycles. The number of esters is 1. The Morgan fingerprint density at radius 1 is 1.00 bits per heavy atom. The molecule has 1 N–H and O–H groups in total. The lowest BCUT2D eigenvalue weighted by Gasteiger charge is -2.18. The second-order valence-electron chi connectivity index (χ2n) is 9.36. The van der Waals surface area contributed by atoms with Gasteiger partial charge < -0.3 is 19.4 Å². The maximum atomic E-state index is 13.5. The Morgan fingerprint density at radius 2 is 1.75 bits per heavy atom. The number of carbonyl (C=O) groups is 2. The molecule has 1 amide bonds. The number of ether oxygens (including phenoxy) is 2. The molecule has 0 aliphatic carbocycles. The van der Waals surface area contributed by atoms with Gasteiger partial charge in [-0.25, -0.2) is 0 Å². The lowest BCUT2D eigenvalue weighted by atomic mass is 10.1. The number of benzene rings is 1. The predicted molar refractivity (Wildman–Crippen MR) is 146 cm³/mol. The van der Waals surface area contributed by atoms with E-state index in [9.17, 15) is 14.4 Å². The lowest BCUT2D eigenvalue weighted by Crippen LogP contribution is -2.25. The van der Waals surface area contributed by atoms with Crippen molar-refractivity contribution in [3.05, 3.63) is 51.9 Å². The van der Waals surface area contributed by atoms with Gasteiger partial charge >= 0.3 is 5.97 Å². The van der Waals surface area contributed by atoms with E-state index < -0.39 is 11.5 Å². The van der Waals surface area contributed by atoms with Crippen LogP contribution in [0.3, 0.4) is 0 Å². The highest BCUT2D eigenvalue weighted by Crippen LogP contribution is 2.35. The Bertz CT molecular complexity index is 1190. The zero-order chi connectivity index (χ0) is 26.7. The van der Waals surface area contributed by atoms with Gasteiger partial charge in [-0.2, -0.15) is 0 Å². The van der Waals surface area contributed by atoms with E-state index in [0.717, 1.165) is 38.5 Å². The fourth-order valence-corrected chi connectivity index (χ4v) is 3.93. The number of aromatic nitrogens is 1. The van der Waals surface area contributed by atoms with Gasteiger partial charge in [0.05, 0.1) is 5.52 Å². The summed E-state index contributed by atoms with van der Waals surface area (Å²) < 4.78 is 13.1. The van der Waals surface area contributed by atoms with Crippen LogP contribution in [-0.4, -0.2) is 23.1 Å². The number of nitrogens with zero attached hydrogens (tertiary/aromatic N) is 1. The standard InChI is InChI=1S/C29H40N2O5/c1-7-8-9-10-17-31-26-19-24(30-22(5)32)14-15-25(26)27(28(29(31)34)36-23(6)33)35-18-16-21(4)13-11-12-20(2)3/h12,14-16,19H,7-11,13,17-18H2,1-6H3,(H,30,32)/b21-16+. The summed E-state index contributed by atoms with van der Waals surface area (Å²) in [6, 6.07) is 5.31. The quantitative estimate of drug-likeness (QED) is 0.193. The number of rotatable bonds is 13. The second kappa shape index (κ2) is 14.3. The number of carbonyl (C=O) groups excluding carboxylic acids is 2. The molecule has 1 aromatic heterocycles. The van der Waals surface area contributed by atoms with E-state index in [2.05, 4.69) is 32.2 Å². The summed E-state index contributed by atoms with van der Waals surface area (Å²) >= 11 is 0. The maximum Gasteiger partial charge on any atom is 0.308 e. The fourth-order valence-electron chi connectivity index (χ4n) is 3.93. The lowest BCUT2D eigenvalue weighted by molar-refractivity contribution is -0.132. The van der Waals surface area contributed by atoms with E-state index in [4.69, 9.17) is 9.47 Å². The Labute approximate surface area is 214 Å². The molecule has 1 heterocycles. The summed E-state index contributed by atoms with van der Waals surface area (Å²) in [5.74, 6) is -0.656. The maximum absolute atomic E-state index is 13.5. The minimum Gasteiger partial charge on any atom is -0.485 e. The monoisotopic (exact) mass is 496 g/mol. The van der Waals surface area contributed by atoms with Crippen LogP contribution in [-0.2, 0) is 16.1 Å². The molecule has 7 heteroatoms. The zero-order valence-corrected chi connectivity index (χ0v) is 22.5. The van der Waals surface area contributed by atoms with Crippen LogP contribution in [0.4, 0.5) is 5.69 Å². The average Bonchev–Trinajstić information content (AvgIpc) is 2.79. The summed E-state index contributed by atoms with van der Waals surface area (Å²) in [6.07, 6.45) is 9.96. The van der Waals surface area contributed by atoms with Crippen molar-refractivity contribution in [2.75, 3.05) is 11.9 Å². The minimum absolute atomic E-state index is 0.103. The largest absolute Gasteiger partial charge is 0.485 e. The van der Waals surface area contributed by atoms with Crippen LogP contribution >= 0.6 is 0 Å². The number of fused-ring (bicyclic) bond motifs is 1. The van der Waals surface area contributed by atoms with Gasteiger partial charge in [-0.3, -0.25) is 14.4 Å². The molecule has 0 spiro atoms. The zero-order valence-electron chi connectivity index (χ0n) is 22.5. The van der Waals surface area contributed by atoms with Crippen LogP contribution in [0.5, 0.6) is 11.5 Å². The molecule has 0 fully saturated rings. The third-order valence-corrected chi connectivity index (χ3v) is 5.73.